The lowest BCUT2D eigenvalue weighted by atomic mass is 10.1. The van der Waals surface area contributed by atoms with Crippen molar-refractivity contribution < 1.29 is 14.1 Å². The van der Waals surface area contributed by atoms with Crippen LogP contribution in [0.3, 0.4) is 0 Å². The predicted octanol–water partition coefficient (Wildman–Crippen LogP) is 1.98. The fourth-order valence-electron chi connectivity index (χ4n) is 4.30. The van der Waals surface area contributed by atoms with Crippen molar-refractivity contribution in [3.8, 4) is 0 Å². The Morgan fingerprint density at radius 3 is 2.53 bits per heavy atom. The van der Waals surface area contributed by atoms with Crippen molar-refractivity contribution in [2.75, 3.05) is 39.8 Å². The number of pyridine rings is 1. The van der Waals surface area contributed by atoms with E-state index in [9.17, 15) is 9.59 Å². The molecule has 2 saturated heterocycles. The molecule has 2 aliphatic heterocycles. The lowest BCUT2D eigenvalue weighted by molar-refractivity contribution is -0.131. The number of likely N-dealkylation sites (N-methyl/N-ethyl adjacent to an activating group) is 1. The Hall–Kier alpha value is -2.74. The first-order chi connectivity index (χ1) is 14.4. The van der Waals surface area contributed by atoms with Crippen molar-refractivity contribution in [3.05, 3.63) is 46.6 Å². The van der Waals surface area contributed by atoms with Crippen molar-refractivity contribution in [1.29, 1.82) is 0 Å². The van der Waals surface area contributed by atoms with E-state index in [4.69, 9.17) is 4.52 Å². The Bertz CT molecular complexity index is 896. The largest absolute Gasteiger partial charge is 0.361 e. The number of nitrogens with zero attached hydrogens (tertiary/aromatic N) is 5. The normalized spacial score (nSPS) is 20.0. The smallest absolute Gasteiger partial charge is 0.255 e. The van der Waals surface area contributed by atoms with Gasteiger partial charge in [-0.1, -0.05) is 5.16 Å². The molecule has 8 nitrogen and oxygen atoms in total. The molecule has 2 fully saturated rings. The summed E-state index contributed by atoms with van der Waals surface area (Å²) in [6.45, 7) is 7.67. The molecule has 0 saturated carbocycles. The van der Waals surface area contributed by atoms with Crippen LogP contribution in [0.2, 0.25) is 0 Å². The molecule has 0 bridgehead atoms. The van der Waals surface area contributed by atoms with Gasteiger partial charge in [0.05, 0.1) is 29.4 Å². The van der Waals surface area contributed by atoms with Gasteiger partial charge in [0.25, 0.3) is 5.91 Å². The van der Waals surface area contributed by atoms with E-state index >= 15 is 0 Å². The molecule has 160 valence electrons. The van der Waals surface area contributed by atoms with E-state index in [1.54, 1.807) is 6.20 Å². The molecule has 0 aliphatic carbocycles. The van der Waals surface area contributed by atoms with Crippen LogP contribution in [0, 0.1) is 13.8 Å². The Labute approximate surface area is 176 Å². The second-order valence-corrected chi connectivity index (χ2v) is 8.29. The van der Waals surface area contributed by atoms with Gasteiger partial charge in [0.1, 0.15) is 5.76 Å². The molecule has 2 aromatic rings. The van der Waals surface area contributed by atoms with Gasteiger partial charge in [-0.05, 0) is 45.9 Å². The highest BCUT2D eigenvalue weighted by Crippen LogP contribution is 2.32. The number of piperazine rings is 1. The zero-order chi connectivity index (χ0) is 21.3. The van der Waals surface area contributed by atoms with Crippen molar-refractivity contribution in [2.24, 2.45) is 0 Å². The lowest BCUT2D eigenvalue weighted by Crippen LogP contribution is -2.47. The van der Waals surface area contributed by atoms with Gasteiger partial charge in [-0.15, -0.1) is 0 Å². The number of likely N-dealkylation sites (tertiary alicyclic amines) is 1. The van der Waals surface area contributed by atoms with Gasteiger partial charge in [0.15, 0.2) is 0 Å². The summed E-state index contributed by atoms with van der Waals surface area (Å²) < 4.78 is 5.19. The summed E-state index contributed by atoms with van der Waals surface area (Å²) in [6.07, 6.45) is 3.77. The maximum Gasteiger partial charge on any atom is 0.255 e. The summed E-state index contributed by atoms with van der Waals surface area (Å²) in [7, 11) is 2.07. The van der Waals surface area contributed by atoms with Crippen LogP contribution in [0.25, 0.3) is 0 Å². The molecule has 8 heteroatoms. The minimum Gasteiger partial charge on any atom is -0.361 e. The van der Waals surface area contributed by atoms with Gasteiger partial charge in [0.2, 0.25) is 5.91 Å². The van der Waals surface area contributed by atoms with E-state index in [-0.39, 0.29) is 24.3 Å². The van der Waals surface area contributed by atoms with Crippen molar-refractivity contribution in [1.82, 2.24) is 24.8 Å². The zero-order valence-corrected chi connectivity index (χ0v) is 17.9. The zero-order valence-electron chi connectivity index (χ0n) is 17.9. The molecule has 2 aliphatic rings. The molecular formula is C22H29N5O3. The van der Waals surface area contributed by atoms with Crippen LogP contribution in [0.4, 0.5) is 0 Å². The fraction of sp³-hybridized carbons (Fsp3) is 0.545. The Morgan fingerprint density at radius 2 is 1.90 bits per heavy atom. The van der Waals surface area contributed by atoms with E-state index in [0.717, 1.165) is 62.5 Å². The van der Waals surface area contributed by atoms with Crippen molar-refractivity contribution in [3.63, 3.8) is 0 Å². The lowest BCUT2D eigenvalue weighted by Gasteiger charge is -2.32. The number of amides is 2. The molecule has 2 aromatic heterocycles. The minimum atomic E-state index is -0.0502. The Morgan fingerprint density at radius 1 is 1.13 bits per heavy atom. The quantitative estimate of drug-likeness (QED) is 0.765. The summed E-state index contributed by atoms with van der Waals surface area (Å²) in [4.78, 5) is 36.3. The topological polar surface area (TPSA) is 82.8 Å². The number of carbonyl (C=O) groups is 2. The highest BCUT2D eigenvalue weighted by Gasteiger charge is 2.32. The van der Waals surface area contributed by atoms with E-state index in [2.05, 4.69) is 22.1 Å². The van der Waals surface area contributed by atoms with Gasteiger partial charge in [-0.2, -0.15) is 0 Å². The van der Waals surface area contributed by atoms with Crippen LogP contribution < -0.4 is 0 Å². The molecule has 4 rings (SSSR count). The van der Waals surface area contributed by atoms with Gasteiger partial charge in [-0.25, -0.2) is 0 Å². The molecule has 0 spiro atoms. The minimum absolute atomic E-state index is 0.0277. The first-order valence-corrected chi connectivity index (χ1v) is 10.6. The fourth-order valence-corrected chi connectivity index (χ4v) is 4.30. The highest BCUT2D eigenvalue weighted by molar-refractivity contribution is 5.94. The van der Waals surface area contributed by atoms with E-state index in [1.165, 1.54) is 0 Å². The molecule has 0 N–H and O–H groups in total. The average Bonchev–Trinajstić information content (AvgIpc) is 3.36. The number of aryl methyl sites for hydroxylation is 2. The van der Waals surface area contributed by atoms with Crippen LogP contribution in [0.15, 0.2) is 22.9 Å². The van der Waals surface area contributed by atoms with Crippen LogP contribution >= 0.6 is 0 Å². The van der Waals surface area contributed by atoms with E-state index in [1.807, 2.05) is 35.8 Å². The van der Waals surface area contributed by atoms with E-state index < -0.39 is 0 Å². The molecule has 4 heterocycles. The molecular weight excluding hydrogens is 382 g/mol. The van der Waals surface area contributed by atoms with E-state index in [0.29, 0.717) is 11.3 Å². The van der Waals surface area contributed by atoms with Gasteiger partial charge in [0, 0.05) is 44.5 Å². The first-order valence-electron chi connectivity index (χ1n) is 10.6. The molecule has 2 amide bonds. The van der Waals surface area contributed by atoms with Gasteiger partial charge >= 0.3 is 0 Å². The third-order valence-corrected chi connectivity index (χ3v) is 6.25. The SMILES string of the molecule is Cc1noc(C)c1CC(=O)N1CCC[C@@H]1c1ccc(C(=O)N2CCN(C)CC2)cn1. The van der Waals surface area contributed by atoms with Crippen LogP contribution in [-0.4, -0.2) is 76.4 Å². The third kappa shape index (κ3) is 4.09. The highest BCUT2D eigenvalue weighted by atomic mass is 16.5. The van der Waals surface area contributed by atoms with Gasteiger partial charge < -0.3 is 19.2 Å². The second-order valence-electron chi connectivity index (χ2n) is 8.29. The van der Waals surface area contributed by atoms with Crippen molar-refractivity contribution >= 4 is 11.8 Å². The third-order valence-electron chi connectivity index (χ3n) is 6.25. The standard InChI is InChI=1S/C22H29N5O3/c1-15-18(16(2)30-24-15)13-21(28)27-8-4-5-20(27)19-7-6-17(14-23-19)22(29)26-11-9-25(3)10-12-26/h6-7,14,20H,4-5,8-13H2,1-3H3/t20-/m1/s1. The number of hydrogen-bond donors (Lipinski definition) is 0. The molecule has 0 aromatic carbocycles. The monoisotopic (exact) mass is 411 g/mol. The maximum absolute atomic E-state index is 13.0. The van der Waals surface area contributed by atoms with Gasteiger partial charge in [-0.3, -0.25) is 14.6 Å². The number of hydrogen-bond acceptors (Lipinski definition) is 6. The summed E-state index contributed by atoms with van der Waals surface area (Å²) in [5.41, 5.74) is 3.08. The first kappa shape index (κ1) is 20.5. The predicted molar refractivity (Wildman–Crippen MR) is 111 cm³/mol. The summed E-state index contributed by atoms with van der Waals surface area (Å²) in [5, 5.41) is 3.95. The summed E-state index contributed by atoms with van der Waals surface area (Å²) in [6, 6.07) is 3.69. The second kappa shape index (κ2) is 8.55. The molecule has 0 unspecified atom stereocenters. The summed E-state index contributed by atoms with van der Waals surface area (Å²) >= 11 is 0. The van der Waals surface area contributed by atoms with Crippen LogP contribution in [0.5, 0.6) is 0 Å². The Balaban J connectivity index is 1.44. The maximum atomic E-state index is 13.0. The van der Waals surface area contributed by atoms with Crippen molar-refractivity contribution in [2.45, 2.75) is 39.2 Å². The summed E-state index contributed by atoms with van der Waals surface area (Å²) in [5.74, 6) is 0.785. The average molecular weight is 412 g/mol. The molecule has 1 atom stereocenters. The number of rotatable bonds is 4. The number of carbonyl (C=O) groups excluding carboxylic acids is 2. The molecule has 30 heavy (non-hydrogen) atoms. The van der Waals surface area contributed by atoms with Crippen LogP contribution in [0.1, 0.15) is 52.0 Å². The number of aromatic nitrogens is 2. The Kier molecular flexibility index (Phi) is 5.85. The molecule has 0 radical (unpaired) electrons. The van der Waals surface area contributed by atoms with Crippen LogP contribution in [-0.2, 0) is 11.2 Å².